The van der Waals surface area contributed by atoms with Gasteiger partial charge in [0.2, 0.25) is 5.88 Å². The quantitative estimate of drug-likeness (QED) is 0.361. The number of carbonyl (C=O) groups is 1. The molecular formula is C22H33ClN2O2Si. The number of Topliss-reactive ketones (excluding diaryl/α,β-unsaturated/α-hetero) is 1. The summed E-state index contributed by atoms with van der Waals surface area (Å²) in [4.78, 5) is 17.4. The van der Waals surface area contributed by atoms with Crippen molar-refractivity contribution >= 4 is 25.7 Å². The van der Waals surface area contributed by atoms with Crippen molar-refractivity contribution in [3.8, 4) is 5.88 Å². The molecule has 1 aromatic heterocycles. The molecule has 28 heavy (non-hydrogen) atoms. The third kappa shape index (κ3) is 5.06. The molecule has 4 nitrogen and oxygen atoms in total. The number of halogens is 1. The van der Waals surface area contributed by atoms with Crippen LogP contribution in [0.3, 0.4) is 0 Å². The molecule has 1 heterocycles. The van der Waals surface area contributed by atoms with Crippen LogP contribution in [0.25, 0.3) is 0 Å². The molecule has 0 bridgehead atoms. The van der Waals surface area contributed by atoms with Crippen molar-refractivity contribution in [3.63, 3.8) is 0 Å². The van der Waals surface area contributed by atoms with Gasteiger partial charge in [0, 0.05) is 18.4 Å². The van der Waals surface area contributed by atoms with Crippen molar-refractivity contribution in [1.82, 2.24) is 9.55 Å². The average Bonchev–Trinajstić information content (AvgIpc) is 2.90. The number of nitrogens with zero attached hydrogens (tertiary/aromatic N) is 2. The van der Waals surface area contributed by atoms with Crippen LogP contribution in [0.5, 0.6) is 5.88 Å². The van der Waals surface area contributed by atoms with Crippen molar-refractivity contribution in [2.75, 3.05) is 0 Å². The van der Waals surface area contributed by atoms with E-state index in [2.05, 4.69) is 40.8 Å². The number of ketones is 1. The van der Waals surface area contributed by atoms with Crippen LogP contribution in [0, 0.1) is 0 Å². The van der Waals surface area contributed by atoms with E-state index in [1.165, 1.54) is 0 Å². The third-order valence-corrected chi connectivity index (χ3v) is 10.2. The summed E-state index contributed by atoms with van der Waals surface area (Å²) in [5, 5.41) is 0.718. The zero-order chi connectivity index (χ0) is 21.1. The number of carbonyl (C=O) groups excluding carboxylic acids is 1. The first-order chi connectivity index (χ1) is 13.0. The van der Waals surface area contributed by atoms with Crippen molar-refractivity contribution in [1.29, 1.82) is 0 Å². The number of rotatable bonds is 8. The summed E-state index contributed by atoms with van der Waals surface area (Å²) in [5.41, 5.74) is 1.52. The van der Waals surface area contributed by atoms with Crippen molar-refractivity contribution in [3.05, 3.63) is 46.4 Å². The minimum atomic E-state index is -2.12. The molecule has 0 fully saturated rings. The maximum Gasteiger partial charge on any atom is 0.252 e. The first kappa shape index (κ1) is 22.7. The molecule has 1 aromatic carbocycles. The fourth-order valence-corrected chi connectivity index (χ4v) is 3.90. The van der Waals surface area contributed by atoms with Crippen LogP contribution >= 0.6 is 11.6 Å². The Labute approximate surface area is 175 Å². The normalized spacial score (nSPS) is 12.3. The molecule has 0 aliphatic carbocycles. The van der Waals surface area contributed by atoms with E-state index >= 15 is 0 Å². The molecule has 0 saturated carbocycles. The van der Waals surface area contributed by atoms with E-state index in [0.717, 1.165) is 30.7 Å². The van der Waals surface area contributed by atoms with Gasteiger partial charge >= 0.3 is 0 Å². The average molecular weight is 421 g/mol. The van der Waals surface area contributed by atoms with E-state index in [0.29, 0.717) is 23.1 Å². The Balaban J connectivity index is 2.56. The first-order valence-electron chi connectivity index (χ1n) is 10.0. The van der Waals surface area contributed by atoms with Gasteiger partial charge in [0.05, 0.1) is 6.54 Å². The summed E-state index contributed by atoms with van der Waals surface area (Å²) in [5.74, 6) is 1.34. The van der Waals surface area contributed by atoms with E-state index < -0.39 is 8.32 Å². The van der Waals surface area contributed by atoms with Gasteiger partial charge in [0.1, 0.15) is 11.5 Å². The molecule has 0 unspecified atom stereocenters. The number of unbranched alkanes of at least 4 members (excludes halogenated alkanes) is 1. The number of hydrogen-bond donors (Lipinski definition) is 0. The van der Waals surface area contributed by atoms with Gasteiger partial charge in [-0.3, -0.25) is 4.79 Å². The molecule has 2 aromatic rings. The standard InChI is InChI=1S/C22H33ClN2O2Si/c1-8-9-14-19-24-21(27-28(6,7)22(3,4)5)20(16(2)26)25(19)15-17-12-10-11-13-18(17)23/h10-13H,8-9,14-15H2,1-7H3. The smallest absolute Gasteiger partial charge is 0.252 e. The van der Waals surface area contributed by atoms with Crippen LogP contribution in [-0.4, -0.2) is 23.7 Å². The van der Waals surface area contributed by atoms with Crippen molar-refractivity contribution in [2.45, 2.75) is 78.6 Å². The fourth-order valence-electron chi connectivity index (χ4n) is 2.77. The summed E-state index contributed by atoms with van der Waals surface area (Å²) in [6.07, 6.45) is 2.88. The molecule has 0 N–H and O–H groups in total. The van der Waals surface area contributed by atoms with Crippen LogP contribution in [0.4, 0.5) is 0 Å². The Hall–Kier alpha value is -1.59. The van der Waals surface area contributed by atoms with E-state index in [9.17, 15) is 4.79 Å². The molecule has 0 aliphatic heterocycles. The van der Waals surface area contributed by atoms with E-state index in [-0.39, 0.29) is 10.8 Å². The van der Waals surface area contributed by atoms with Gasteiger partial charge in [-0.05, 0) is 36.2 Å². The van der Waals surface area contributed by atoms with Gasteiger partial charge in [-0.2, -0.15) is 4.98 Å². The first-order valence-corrected chi connectivity index (χ1v) is 13.3. The maximum atomic E-state index is 12.6. The van der Waals surface area contributed by atoms with Gasteiger partial charge in [-0.15, -0.1) is 0 Å². The van der Waals surface area contributed by atoms with Crippen LogP contribution in [0.15, 0.2) is 24.3 Å². The van der Waals surface area contributed by atoms with Crippen LogP contribution in [-0.2, 0) is 13.0 Å². The van der Waals surface area contributed by atoms with E-state index in [4.69, 9.17) is 21.0 Å². The van der Waals surface area contributed by atoms with Crippen molar-refractivity contribution in [2.24, 2.45) is 0 Å². The minimum Gasteiger partial charge on any atom is -0.529 e. The second-order valence-electron chi connectivity index (χ2n) is 8.88. The molecule has 0 amide bonds. The Kier molecular flexibility index (Phi) is 7.15. The van der Waals surface area contributed by atoms with Gasteiger partial charge in [0.25, 0.3) is 8.32 Å². The Morgan fingerprint density at radius 2 is 1.89 bits per heavy atom. The van der Waals surface area contributed by atoms with Gasteiger partial charge in [-0.25, -0.2) is 0 Å². The Bertz CT molecular complexity index is 838. The van der Waals surface area contributed by atoms with Crippen LogP contribution in [0.2, 0.25) is 23.2 Å². The molecule has 6 heteroatoms. The Morgan fingerprint density at radius 1 is 1.25 bits per heavy atom. The highest BCUT2D eigenvalue weighted by Gasteiger charge is 2.40. The second-order valence-corrected chi connectivity index (χ2v) is 14.0. The highest BCUT2D eigenvalue weighted by molar-refractivity contribution is 6.74. The van der Waals surface area contributed by atoms with Crippen LogP contribution < -0.4 is 4.43 Å². The summed E-state index contributed by atoms with van der Waals surface area (Å²) < 4.78 is 8.48. The summed E-state index contributed by atoms with van der Waals surface area (Å²) >= 11 is 6.39. The minimum absolute atomic E-state index is 0.0250. The zero-order valence-corrected chi connectivity index (χ0v) is 20.0. The number of hydrogen-bond acceptors (Lipinski definition) is 3. The fraction of sp³-hybridized carbons (Fsp3) is 0.545. The number of imidazole rings is 1. The molecule has 0 saturated heterocycles. The molecule has 154 valence electrons. The summed E-state index contributed by atoms with van der Waals surface area (Å²) in [7, 11) is -2.12. The molecule has 0 spiro atoms. The molecule has 2 rings (SSSR count). The topological polar surface area (TPSA) is 44.1 Å². The lowest BCUT2D eigenvalue weighted by Gasteiger charge is -2.35. The van der Waals surface area contributed by atoms with E-state index in [1.807, 2.05) is 28.8 Å². The molecule has 0 aliphatic rings. The second kappa shape index (κ2) is 8.83. The number of benzene rings is 1. The molecular weight excluding hydrogens is 388 g/mol. The largest absolute Gasteiger partial charge is 0.529 e. The number of aromatic nitrogens is 2. The van der Waals surface area contributed by atoms with Gasteiger partial charge < -0.3 is 8.99 Å². The SMILES string of the molecule is CCCCc1nc(O[Si](C)(C)C(C)(C)C)c(C(C)=O)n1Cc1ccccc1Cl. The van der Waals surface area contributed by atoms with Gasteiger partial charge in [-0.1, -0.05) is 63.9 Å². The number of aryl methyl sites for hydroxylation is 1. The summed E-state index contributed by atoms with van der Waals surface area (Å²) in [6, 6.07) is 7.74. The molecule has 0 radical (unpaired) electrons. The summed E-state index contributed by atoms with van der Waals surface area (Å²) in [6.45, 7) is 15.2. The predicted octanol–water partition coefficient (Wildman–Crippen LogP) is 6.51. The van der Waals surface area contributed by atoms with Crippen LogP contribution in [0.1, 0.15) is 69.3 Å². The Morgan fingerprint density at radius 3 is 2.43 bits per heavy atom. The highest BCUT2D eigenvalue weighted by Crippen LogP contribution is 2.38. The molecule has 0 atom stereocenters. The lowest BCUT2D eigenvalue weighted by atomic mass is 10.2. The predicted molar refractivity (Wildman–Crippen MR) is 119 cm³/mol. The lowest BCUT2D eigenvalue weighted by molar-refractivity contribution is 0.100. The lowest BCUT2D eigenvalue weighted by Crippen LogP contribution is -2.44. The van der Waals surface area contributed by atoms with E-state index in [1.54, 1.807) is 6.92 Å². The third-order valence-electron chi connectivity index (χ3n) is 5.55. The highest BCUT2D eigenvalue weighted by atomic mass is 35.5. The monoisotopic (exact) mass is 420 g/mol. The zero-order valence-electron chi connectivity index (χ0n) is 18.2. The maximum absolute atomic E-state index is 12.6. The van der Waals surface area contributed by atoms with Gasteiger partial charge in [0.15, 0.2) is 5.78 Å². The van der Waals surface area contributed by atoms with Crippen molar-refractivity contribution < 1.29 is 9.22 Å².